The molecule has 2 rings (SSSR count). The maximum absolute atomic E-state index is 5.71. The molecule has 0 spiro atoms. The van der Waals surface area contributed by atoms with E-state index in [0.717, 1.165) is 24.8 Å². The van der Waals surface area contributed by atoms with E-state index >= 15 is 0 Å². The lowest BCUT2D eigenvalue weighted by Crippen LogP contribution is -2.40. The number of nitrogens with zero attached hydrogens (tertiary/aromatic N) is 2. The van der Waals surface area contributed by atoms with Gasteiger partial charge in [-0.3, -0.25) is 4.99 Å². The predicted molar refractivity (Wildman–Crippen MR) is 107 cm³/mol. The van der Waals surface area contributed by atoms with Crippen molar-refractivity contribution in [2.45, 2.75) is 6.54 Å². The summed E-state index contributed by atoms with van der Waals surface area (Å²) in [7, 11) is 3.80. The van der Waals surface area contributed by atoms with Gasteiger partial charge in [0.1, 0.15) is 12.4 Å². The van der Waals surface area contributed by atoms with Crippen molar-refractivity contribution in [1.29, 1.82) is 0 Å². The monoisotopic (exact) mass is 425 g/mol. The van der Waals surface area contributed by atoms with Gasteiger partial charge in [0, 0.05) is 20.6 Å². The summed E-state index contributed by atoms with van der Waals surface area (Å²) in [6.45, 7) is 2.15. The number of rotatable bonds is 6. The van der Waals surface area contributed by atoms with Crippen LogP contribution in [0.15, 0.2) is 65.7 Å². The SMILES string of the molecule is CN=C(NCc1ccccc1)N(C)CCOc1ccccc1.I. The molecule has 0 radical (unpaired) electrons. The molecule has 0 saturated heterocycles. The minimum absolute atomic E-state index is 0. The van der Waals surface area contributed by atoms with Crippen molar-refractivity contribution in [3.8, 4) is 5.75 Å². The van der Waals surface area contributed by atoms with Gasteiger partial charge in [0.25, 0.3) is 0 Å². The molecule has 0 aliphatic rings. The molecule has 2 aromatic carbocycles. The van der Waals surface area contributed by atoms with E-state index in [4.69, 9.17) is 4.74 Å². The highest BCUT2D eigenvalue weighted by Gasteiger charge is 2.05. The van der Waals surface area contributed by atoms with Crippen LogP contribution in [-0.2, 0) is 6.54 Å². The van der Waals surface area contributed by atoms with Gasteiger partial charge in [-0.25, -0.2) is 0 Å². The lowest BCUT2D eigenvalue weighted by molar-refractivity contribution is 0.281. The Labute approximate surface area is 155 Å². The summed E-state index contributed by atoms with van der Waals surface area (Å²) in [6.07, 6.45) is 0. The summed E-state index contributed by atoms with van der Waals surface area (Å²) in [5.41, 5.74) is 1.23. The fourth-order valence-electron chi connectivity index (χ4n) is 2.08. The lowest BCUT2D eigenvalue weighted by atomic mass is 10.2. The zero-order valence-corrected chi connectivity index (χ0v) is 15.9. The van der Waals surface area contributed by atoms with Crippen LogP contribution in [0.4, 0.5) is 0 Å². The summed E-state index contributed by atoms with van der Waals surface area (Å²) >= 11 is 0. The lowest BCUT2D eigenvalue weighted by Gasteiger charge is -2.22. The number of para-hydroxylation sites is 1. The van der Waals surface area contributed by atoms with Crippen LogP contribution in [0.25, 0.3) is 0 Å². The third kappa shape index (κ3) is 6.90. The first-order valence-corrected chi connectivity index (χ1v) is 7.43. The molecule has 0 bridgehead atoms. The van der Waals surface area contributed by atoms with E-state index in [0.29, 0.717) is 6.61 Å². The fourth-order valence-corrected chi connectivity index (χ4v) is 2.08. The number of ether oxygens (including phenoxy) is 1. The first kappa shape index (κ1) is 19.3. The van der Waals surface area contributed by atoms with Gasteiger partial charge in [-0.1, -0.05) is 48.5 Å². The Kier molecular flexibility index (Phi) is 9.12. The Morgan fingerprint density at radius 3 is 2.26 bits per heavy atom. The summed E-state index contributed by atoms with van der Waals surface area (Å²) in [5, 5.41) is 3.35. The number of benzene rings is 2. The van der Waals surface area contributed by atoms with Gasteiger partial charge in [-0.05, 0) is 17.7 Å². The van der Waals surface area contributed by atoms with Crippen LogP contribution in [0.1, 0.15) is 5.56 Å². The predicted octanol–water partition coefficient (Wildman–Crippen LogP) is 3.39. The van der Waals surface area contributed by atoms with Crippen molar-refractivity contribution in [2.24, 2.45) is 4.99 Å². The number of likely N-dealkylation sites (N-methyl/N-ethyl adjacent to an activating group) is 1. The molecule has 0 saturated carbocycles. The average molecular weight is 425 g/mol. The second-order valence-electron chi connectivity index (χ2n) is 4.97. The number of aliphatic imine (C=N–C) groups is 1. The minimum Gasteiger partial charge on any atom is -0.492 e. The molecule has 0 amide bonds. The number of hydrogen-bond acceptors (Lipinski definition) is 2. The summed E-state index contributed by atoms with van der Waals surface area (Å²) < 4.78 is 5.71. The molecule has 5 heteroatoms. The second kappa shape index (κ2) is 10.9. The van der Waals surface area contributed by atoms with E-state index in [1.54, 1.807) is 7.05 Å². The van der Waals surface area contributed by atoms with Crippen molar-refractivity contribution < 1.29 is 4.74 Å². The van der Waals surface area contributed by atoms with Crippen LogP contribution in [0.5, 0.6) is 5.75 Å². The Balaban J connectivity index is 0.00000264. The smallest absolute Gasteiger partial charge is 0.193 e. The van der Waals surface area contributed by atoms with Crippen molar-refractivity contribution in [1.82, 2.24) is 10.2 Å². The molecule has 0 aliphatic carbocycles. The van der Waals surface area contributed by atoms with Crippen LogP contribution in [0.2, 0.25) is 0 Å². The molecule has 1 N–H and O–H groups in total. The zero-order chi connectivity index (χ0) is 15.6. The highest BCUT2D eigenvalue weighted by Crippen LogP contribution is 2.07. The third-order valence-corrected chi connectivity index (χ3v) is 3.31. The second-order valence-corrected chi connectivity index (χ2v) is 4.97. The molecule has 0 aliphatic heterocycles. The maximum atomic E-state index is 5.71. The zero-order valence-electron chi connectivity index (χ0n) is 13.6. The van der Waals surface area contributed by atoms with Crippen LogP contribution >= 0.6 is 24.0 Å². The molecule has 4 nitrogen and oxygen atoms in total. The first-order valence-electron chi connectivity index (χ1n) is 7.43. The molecule has 0 unspecified atom stereocenters. The molecule has 0 fully saturated rings. The van der Waals surface area contributed by atoms with Gasteiger partial charge in [0.2, 0.25) is 0 Å². The first-order chi connectivity index (χ1) is 10.8. The van der Waals surface area contributed by atoms with E-state index in [-0.39, 0.29) is 24.0 Å². The van der Waals surface area contributed by atoms with Crippen LogP contribution in [0.3, 0.4) is 0 Å². The Morgan fingerprint density at radius 1 is 1.04 bits per heavy atom. The van der Waals surface area contributed by atoms with E-state index in [1.165, 1.54) is 5.56 Å². The third-order valence-electron chi connectivity index (χ3n) is 3.31. The van der Waals surface area contributed by atoms with Crippen molar-refractivity contribution in [3.63, 3.8) is 0 Å². The van der Waals surface area contributed by atoms with Gasteiger partial charge in [-0.15, -0.1) is 24.0 Å². The highest BCUT2D eigenvalue weighted by atomic mass is 127. The van der Waals surface area contributed by atoms with Gasteiger partial charge in [0.15, 0.2) is 5.96 Å². The number of hydrogen-bond donors (Lipinski definition) is 1. The summed E-state index contributed by atoms with van der Waals surface area (Å²) in [6, 6.07) is 20.1. The van der Waals surface area contributed by atoms with Crippen molar-refractivity contribution in [2.75, 3.05) is 27.2 Å². The van der Waals surface area contributed by atoms with Gasteiger partial charge >= 0.3 is 0 Å². The molecular formula is C18H24IN3O. The number of guanidine groups is 1. The van der Waals surface area contributed by atoms with Crippen LogP contribution in [-0.4, -0.2) is 38.1 Å². The van der Waals surface area contributed by atoms with Crippen molar-refractivity contribution >= 4 is 29.9 Å². The molecular weight excluding hydrogens is 401 g/mol. The largest absolute Gasteiger partial charge is 0.492 e. The summed E-state index contributed by atoms with van der Waals surface area (Å²) in [5.74, 6) is 1.75. The Morgan fingerprint density at radius 2 is 1.65 bits per heavy atom. The van der Waals surface area contributed by atoms with Gasteiger partial charge < -0.3 is 15.0 Å². The molecule has 23 heavy (non-hydrogen) atoms. The van der Waals surface area contributed by atoms with E-state index in [1.807, 2.05) is 55.6 Å². The normalized spacial score (nSPS) is 10.6. The molecule has 0 atom stereocenters. The fraction of sp³-hybridized carbons (Fsp3) is 0.278. The molecule has 0 aromatic heterocycles. The minimum atomic E-state index is 0. The summed E-state index contributed by atoms with van der Waals surface area (Å²) in [4.78, 5) is 6.37. The van der Waals surface area contributed by atoms with Crippen LogP contribution < -0.4 is 10.1 Å². The van der Waals surface area contributed by atoms with E-state index < -0.39 is 0 Å². The molecule has 124 valence electrons. The molecule has 0 heterocycles. The standard InChI is InChI=1S/C18H23N3O.HI/c1-19-18(20-15-16-9-5-3-6-10-16)21(2)13-14-22-17-11-7-4-8-12-17;/h3-12H,13-15H2,1-2H3,(H,19,20);1H. The van der Waals surface area contributed by atoms with Gasteiger partial charge in [-0.2, -0.15) is 0 Å². The topological polar surface area (TPSA) is 36.9 Å². The van der Waals surface area contributed by atoms with E-state index in [9.17, 15) is 0 Å². The highest BCUT2D eigenvalue weighted by molar-refractivity contribution is 14.0. The quantitative estimate of drug-likeness (QED) is 0.438. The van der Waals surface area contributed by atoms with Gasteiger partial charge in [0.05, 0.1) is 6.54 Å². The Hall–Kier alpha value is -1.76. The number of halogens is 1. The van der Waals surface area contributed by atoms with E-state index in [2.05, 4.69) is 27.3 Å². The Bertz CT molecular complexity index is 575. The number of nitrogens with one attached hydrogen (secondary N) is 1. The molecule has 2 aromatic rings. The average Bonchev–Trinajstić information content (AvgIpc) is 2.57. The van der Waals surface area contributed by atoms with Crippen molar-refractivity contribution in [3.05, 3.63) is 66.2 Å². The van der Waals surface area contributed by atoms with Crippen LogP contribution in [0, 0.1) is 0 Å². The maximum Gasteiger partial charge on any atom is 0.193 e.